The highest BCUT2D eigenvalue weighted by Gasteiger charge is 2.45. The molecule has 1 fully saturated rings. The van der Waals surface area contributed by atoms with Gasteiger partial charge in [-0.1, -0.05) is 0 Å². The molecule has 0 aromatic carbocycles. The molecular formula is C10H13N4O9P. The van der Waals surface area contributed by atoms with Crippen molar-refractivity contribution in [2.45, 2.75) is 24.5 Å². The number of nitrogens with one attached hydrogen (secondary N) is 2. The molecule has 132 valence electrons. The van der Waals surface area contributed by atoms with Crippen LogP contribution in [0.25, 0.3) is 11.2 Å². The zero-order valence-electron chi connectivity index (χ0n) is 11.8. The van der Waals surface area contributed by atoms with Gasteiger partial charge in [0.2, 0.25) is 0 Å². The van der Waals surface area contributed by atoms with Crippen molar-refractivity contribution in [2.75, 3.05) is 6.61 Å². The Morgan fingerprint density at radius 1 is 1.29 bits per heavy atom. The fourth-order valence-corrected chi connectivity index (χ4v) is 2.75. The quantitative estimate of drug-likeness (QED) is 0.307. The lowest BCUT2D eigenvalue weighted by Crippen LogP contribution is -2.33. The monoisotopic (exact) mass is 364 g/mol. The van der Waals surface area contributed by atoms with Gasteiger partial charge in [0.1, 0.15) is 24.0 Å². The highest BCUT2D eigenvalue weighted by atomic mass is 31.2. The highest BCUT2D eigenvalue weighted by molar-refractivity contribution is 7.46. The molecular weight excluding hydrogens is 351 g/mol. The van der Waals surface area contributed by atoms with Gasteiger partial charge >= 0.3 is 13.5 Å². The van der Waals surface area contributed by atoms with E-state index in [9.17, 15) is 24.4 Å². The predicted octanol–water partition coefficient (Wildman–Crippen LogP) is -2.86. The molecule has 0 saturated carbocycles. The number of phosphoric acid groups is 1. The summed E-state index contributed by atoms with van der Waals surface area (Å²) in [6.45, 7) is -0.678. The molecule has 14 heteroatoms. The van der Waals surface area contributed by atoms with Crippen LogP contribution in [-0.4, -0.2) is 64.4 Å². The van der Waals surface area contributed by atoms with Crippen molar-refractivity contribution in [2.24, 2.45) is 0 Å². The highest BCUT2D eigenvalue weighted by Crippen LogP contribution is 2.38. The Morgan fingerprint density at radius 3 is 2.67 bits per heavy atom. The third kappa shape index (κ3) is 3.06. The van der Waals surface area contributed by atoms with Gasteiger partial charge in [0.25, 0.3) is 5.56 Å². The van der Waals surface area contributed by atoms with Gasteiger partial charge in [-0.05, 0) is 0 Å². The summed E-state index contributed by atoms with van der Waals surface area (Å²) in [6, 6.07) is 0. The molecule has 0 aliphatic carbocycles. The van der Waals surface area contributed by atoms with Crippen LogP contribution in [0.2, 0.25) is 0 Å². The lowest BCUT2D eigenvalue weighted by molar-refractivity contribution is -0.0504. The number of hydrogen-bond donors (Lipinski definition) is 6. The Kier molecular flexibility index (Phi) is 4.17. The first-order valence-electron chi connectivity index (χ1n) is 6.58. The van der Waals surface area contributed by atoms with Crippen molar-refractivity contribution >= 4 is 19.0 Å². The summed E-state index contributed by atoms with van der Waals surface area (Å²) in [7, 11) is -4.78. The van der Waals surface area contributed by atoms with Crippen LogP contribution in [0.15, 0.2) is 15.9 Å². The molecule has 0 bridgehead atoms. The maximum absolute atomic E-state index is 11.6. The van der Waals surface area contributed by atoms with Crippen LogP contribution >= 0.6 is 7.82 Å². The van der Waals surface area contributed by atoms with E-state index in [1.807, 2.05) is 4.98 Å². The molecule has 0 amide bonds. The molecule has 1 aliphatic rings. The Labute approximate surface area is 131 Å². The first-order chi connectivity index (χ1) is 11.2. The summed E-state index contributed by atoms with van der Waals surface area (Å²) in [4.78, 5) is 48.5. The van der Waals surface area contributed by atoms with Gasteiger partial charge in [-0.3, -0.25) is 23.9 Å². The lowest BCUT2D eigenvalue weighted by Gasteiger charge is -2.16. The Hall–Kier alpha value is -1.86. The van der Waals surface area contributed by atoms with E-state index >= 15 is 0 Å². The molecule has 13 nitrogen and oxygen atoms in total. The molecule has 2 aromatic heterocycles. The predicted molar refractivity (Wildman–Crippen MR) is 74.9 cm³/mol. The van der Waals surface area contributed by atoms with E-state index in [2.05, 4.69) is 14.5 Å². The minimum atomic E-state index is -4.78. The van der Waals surface area contributed by atoms with Crippen molar-refractivity contribution in [1.82, 2.24) is 19.5 Å². The van der Waals surface area contributed by atoms with Crippen LogP contribution in [0, 0.1) is 0 Å². The zero-order chi connectivity index (χ0) is 17.6. The number of rotatable bonds is 4. The Bertz CT molecular complexity index is 913. The van der Waals surface area contributed by atoms with Gasteiger partial charge in [-0.2, -0.15) is 0 Å². The molecule has 0 radical (unpaired) electrons. The van der Waals surface area contributed by atoms with E-state index in [-0.39, 0.29) is 11.2 Å². The largest absolute Gasteiger partial charge is 0.469 e. The number of aliphatic hydroxyl groups is 2. The normalized spacial score (nSPS) is 27.8. The molecule has 4 atom stereocenters. The molecule has 1 saturated heterocycles. The maximum Gasteiger partial charge on any atom is 0.469 e. The number of H-pyrrole nitrogens is 2. The van der Waals surface area contributed by atoms with Gasteiger partial charge in [-0.15, -0.1) is 0 Å². The summed E-state index contributed by atoms with van der Waals surface area (Å²) in [5, 5.41) is 20.0. The van der Waals surface area contributed by atoms with Gasteiger partial charge in [0.05, 0.1) is 12.9 Å². The number of fused-ring (bicyclic) bond motifs is 1. The fraction of sp³-hybridized carbons (Fsp3) is 0.500. The molecule has 6 N–H and O–H groups in total. The Morgan fingerprint density at radius 2 is 2.00 bits per heavy atom. The minimum absolute atomic E-state index is 0.0449. The maximum atomic E-state index is 11.6. The van der Waals surface area contributed by atoms with Crippen LogP contribution in [0.1, 0.15) is 6.23 Å². The summed E-state index contributed by atoms with van der Waals surface area (Å²) in [6.07, 6.45) is -4.43. The van der Waals surface area contributed by atoms with E-state index in [1.54, 1.807) is 0 Å². The molecule has 1 aliphatic heterocycles. The van der Waals surface area contributed by atoms with Crippen LogP contribution in [0.3, 0.4) is 0 Å². The number of imidazole rings is 1. The van der Waals surface area contributed by atoms with Gasteiger partial charge in [0.15, 0.2) is 11.7 Å². The molecule has 24 heavy (non-hydrogen) atoms. The number of hydrogen-bond acceptors (Lipinski definition) is 8. The van der Waals surface area contributed by atoms with Crippen molar-refractivity contribution in [3.05, 3.63) is 27.2 Å². The average Bonchev–Trinajstić information content (AvgIpc) is 3.00. The van der Waals surface area contributed by atoms with Crippen LogP contribution in [0.5, 0.6) is 0 Å². The molecule has 2 aromatic rings. The van der Waals surface area contributed by atoms with Crippen LogP contribution in [0.4, 0.5) is 0 Å². The second kappa shape index (κ2) is 5.89. The number of aromatic amines is 2. The number of phosphoric ester groups is 1. The van der Waals surface area contributed by atoms with E-state index in [1.165, 1.54) is 0 Å². The molecule has 0 unspecified atom stereocenters. The van der Waals surface area contributed by atoms with Crippen molar-refractivity contribution in [3.8, 4) is 0 Å². The van der Waals surface area contributed by atoms with Gasteiger partial charge < -0.3 is 24.7 Å². The number of aliphatic hydroxyl groups excluding tert-OH is 2. The summed E-state index contributed by atoms with van der Waals surface area (Å²) < 4.78 is 21.4. The van der Waals surface area contributed by atoms with Crippen molar-refractivity contribution < 1.29 is 33.8 Å². The third-order valence-corrected chi connectivity index (χ3v) is 3.97. The smallest absolute Gasteiger partial charge is 0.387 e. The number of ether oxygens (including phenoxy) is 1. The minimum Gasteiger partial charge on any atom is -0.387 e. The second-order valence-corrected chi connectivity index (χ2v) is 6.33. The standard InChI is InChI=1S/C10H13N4O9P/c15-5-3(1-22-24(19,20)21)23-9(6(5)16)14-2-11-4-7(14)12-10(18)13-8(4)17/h2-3,5-6,9,15-16H,1H2,(H2,19,20,21)(H2,12,13,17,18)/t3-,5+,6-,9-/m1/s1. The zero-order valence-corrected chi connectivity index (χ0v) is 12.7. The molecule has 0 spiro atoms. The summed E-state index contributed by atoms with van der Waals surface area (Å²) >= 11 is 0. The average molecular weight is 364 g/mol. The van der Waals surface area contributed by atoms with Crippen LogP contribution in [-0.2, 0) is 13.8 Å². The number of nitrogens with zero attached hydrogens (tertiary/aromatic N) is 2. The summed E-state index contributed by atoms with van der Waals surface area (Å²) in [5.41, 5.74) is -1.71. The number of aromatic nitrogens is 4. The fourth-order valence-electron chi connectivity index (χ4n) is 2.41. The third-order valence-electron chi connectivity index (χ3n) is 3.49. The first-order valence-corrected chi connectivity index (χ1v) is 8.11. The van der Waals surface area contributed by atoms with E-state index in [0.717, 1.165) is 10.9 Å². The van der Waals surface area contributed by atoms with Crippen LogP contribution < -0.4 is 11.2 Å². The topological polar surface area (TPSA) is 200 Å². The van der Waals surface area contributed by atoms with E-state index in [0.29, 0.717) is 0 Å². The first kappa shape index (κ1) is 17.0. The van der Waals surface area contributed by atoms with E-state index in [4.69, 9.17) is 14.5 Å². The van der Waals surface area contributed by atoms with E-state index < -0.39 is 50.2 Å². The summed E-state index contributed by atoms with van der Waals surface area (Å²) in [5.74, 6) is 0. The molecule has 3 rings (SSSR count). The second-order valence-electron chi connectivity index (χ2n) is 5.09. The van der Waals surface area contributed by atoms with Crippen molar-refractivity contribution in [1.29, 1.82) is 0 Å². The molecule has 3 heterocycles. The lowest BCUT2D eigenvalue weighted by atomic mass is 10.1. The van der Waals surface area contributed by atoms with Crippen molar-refractivity contribution in [3.63, 3.8) is 0 Å². The van der Waals surface area contributed by atoms with Gasteiger partial charge in [0, 0.05) is 0 Å². The SMILES string of the molecule is O=c1[nH]c(=O)c2ncn([C@@H]3O[C@H](COP(=O)(O)O)[C@H](O)[C@H]3O)c2[nH]1. The van der Waals surface area contributed by atoms with Gasteiger partial charge in [-0.25, -0.2) is 14.3 Å². The Balaban J connectivity index is 1.92.